The summed E-state index contributed by atoms with van der Waals surface area (Å²) in [7, 11) is 1.17. The van der Waals surface area contributed by atoms with Crippen molar-refractivity contribution < 1.29 is 27.9 Å². The maximum Gasteiger partial charge on any atom is 0.307 e. The fraction of sp³-hybridized carbons (Fsp3) is 0.292. The minimum Gasteiger partial charge on any atom is -0.469 e. The van der Waals surface area contributed by atoms with Crippen molar-refractivity contribution in [2.45, 2.75) is 18.6 Å². The maximum atomic E-state index is 14.4. The molecule has 4 rings (SSSR count). The molecule has 0 bridgehead atoms. The van der Waals surface area contributed by atoms with Gasteiger partial charge < -0.3 is 26.0 Å². The number of nitrogens with one attached hydrogen (secondary N) is 5. The number of guanidine groups is 1. The zero-order valence-electron chi connectivity index (χ0n) is 20.1. The van der Waals surface area contributed by atoms with Gasteiger partial charge in [-0.25, -0.2) is 13.8 Å². The fourth-order valence-corrected chi connectivity index (χ4v) is 3.97. The second kappa shape index (κ2) is 11.9. The van der Waals surface area contributed by atoms with Crippen LogP contribution in [0.1, 0.15) is 28.4 Å². The molecule has 5 N–H and O–H groups in total. The largest absolute Gasteiger partial charge is 0.469 e. The molecule has 2 heterocycles. The Morgan fingerprint density at radius 3 is 2.82 bits per heavy atom. The number of aromatic nitrogens is 2. The summed E-state index contributed by atoms with van der Waals surface area (Å²) in [5, 5.41) is 18.5. The van der Waals surface area contributed by atoms with Gasteiger partial charge in [-0.2, -0.15) is 5.10 Å². The van der Waals surface area contributed by atoms with Crippen LogP contribution in [0.2, 0.25) is 5.02 Å². The van der Waals surface area contributed by atoms with E-state index in [4.69, 9.17) is 11.6 Å². The average molecular weight is 548 g/mol. The molecule has 14 heteroatoms. The lowest BCUT2D eigenvalue weighted by Gasteiger charge is -2.20. The number of alkyl halides is 1. The van der Waals surface area contributed by atoms with Crippen LogP contribution < -0.4 is 21.3 Å². The Balaban J connectivity index is 1.45. The summed E-state index contributed by atoms with van der Waals surface area (Å²) in [5.41, 5.74) is 1.23. The number of benzene rings is 2. The van der Waals surface area contributed by atoms with Crippen molar-refractivity contribution in [3.05, 3.63) is 58.5 Å². The summed E-state index contributed by atoms with van der Waals surface area (Å²) in [5.74, 6) is -2.25. The van der Waals surface area contributed by atoms with Crippen LogP contribution in [0.3, 0.4) is 0 Å². The smallest absolute Gasteiger partial charge is 0.307 e. The van der Waals surface area contributed by atoms with Crippen molar-refractivity contribution in [1.82, 2.24) is 26.1 Å². The first kappa shape index (κ1) is 26.8. The van der Waals surface area contributed by atoms with Crippen molar-refractivity contribution in [2.75, 3.05) is 32.1 Å². The van der Waals surface area contributed by atoms with Crippen LogP contribution in [0.5, 0.6) is 0 Å². The Kier molecular flexibility index (Phi) is 8.36. The molecule has 1 aliphatic rings. The number of hydrogen-bond donors (Lipinski definition) is 5. The number of halogens is 3. The molecule has 38 heavy (non-hydrogen) atoms. The van der Waals surface area contributed by atoms with Crippen molar-refractivity contribution in [3.8, 4) is 0 Å². The maximum absolute atomic E-state index is 14.4. The quantitative estimate of drug-likeness (QED) is 0.271. The number of rotatable bonds is 8. The fourth-order valence-electron chi connectivity index (χ4n) is 3.79. The highest BCUT2D eigenvalue weighted by Crippen LogP contribution is 2.25. The lowest BCUT2D eigenvalue weighted by molar-refractivity contribution is -0.141. The van der Waals surface area contributed by atoms with Gasteiger partial charge in [-0.15, -0.1) is 0 Å². The highest BCUT2D eigenvalue weighted by molar-refractivity contribution is 6.30. The second-order valence-corrected chi connectivity index (χ2v) is 8.83. The number of ether oxygens (including phenoxy) is 1. The molecule has 11 nitrogen and oxygen atoms in total. The minimum atomic E-state index is -1.08. The van der Waals surface area contributed by atoms with E-state index in [-0.39, 0.29) is 35.7 Å². The van der Waals surface area contributed by atoms with Crippen LogP contribution in [0.4, 0.5) is 14.5 Å². The molecule has 1 aromatic heterocycles. The highest BCUT2D eigenvalue weighted by Gasteiger charge is 2.23. The van der Waals surface area contributed by atoms with E-state index in [1.54, 1.807) is 12.3 Å². The number of esters is 1. The van der Waals surface area contributed by atoms with E-state index in [1.807, 2.05) is 0 Å². The number of nitrogens with zero attached hydrogens (tertiary/aromatic N) is 2. The number of carbonyl (C=O) groups excluding carboxylic acids is 3. The van der Waals surface area contributed by atoms with Gasteiger partial charge in [0.05, 0.1) is 56.6 Å². The van der Waals surface area contributed by atoms with E-state index in [9.17, 15) is 23.2 Å². The first-order chi connectivity index (χ1) is 18.2. The summed E-state index contributed by atoms with van der Waals surface area (Å²) < 4.78 is 32.4. The number of carbonyl (C=O) groups is 3. The van der Waals surface area contributed by atoms with Gasteiger partial charge in [0.25, 0.3) is 5.91 Å². The summed E-state index contributed by atoms with van der Waals surface area (Å²) in [6, 6.07) is 5.78. The van der Waals surface area contributed by atoms with Crippen LogP contribution in [-0.4, -0.2) is 66.9 Å². The predicted molar refractivity (Wildman–Crippen MR) is 136 cm³/mol. The zero-order valence-corrected chi connectivity index (χ0v) is 20.9. The summed E-state index contributed by atoms with van der Waals surface area (Å²) in [6.45, 7) is -0.352. The molecule has 200 valence electrons. The zero-order chi connectivity index (χ0) is 27.2. The Morgan fingerprint density at radius 2 is 2.08 bits per heavy atom. The standard InChI is InChI=1S/C24H24ClF2N7O4/c1-38-22(36)7-19(15-6-13(25)2-3-17(15)27)32-21(35)11-28-23(37)12-4-18(16-10-31-34-20(16)5-12)33-24-29-8-14(26)9-30-24/h2-6,10,14,19H,7-9,11H2,1H3,(H,28,37)(H,31,34)(H,32,35)(H2,29,30,33)/t19-/m0/s1. The molecule has 3 aromatic rings. The first-order valence-electron chi connectivity index (χ1n) is 11.5. The van der Waals surface area contributed by atoms with Gasteiger partial charge in [0.15, 0.2) is 5.96 Å². The van der Waals surface area contributed by atoms with E-state index in [2.05, 4.69) is 41.2 Å². The molecular formula is C24H24ClF2N7O4. The molecule has 0 spiro atoms. The Bertz CT molecular complexity index is 1400. The third-order valence-corrected chi connectivity index (χ3v) is 5.92. The van der Waals surface area contributed by atoms with Gasteiger partial charge in [0.1, 0.15) is 12.0 Å². The van der Waals surface area contributed by atoms with Crippen molar-refractivity contribution in [3.63, 3.8) is 0 Å². The van der Waals surface area contributed by atoms with Crippen molar-refractivity contribution in [1.29, 1.82) is 0 Å². The topological polar surface area (TPSA) is 150 Å². The van der Waals surface area contributed by atoms with Gasteiger partial charge in [-0.3, -0.25) is 19.5 Å². The lowest BCUT2D eigenvalue weighted by Crippen LogP contribution is -2.41. The second-order valence-electron chi connectivity index (χ2n) is 8.40. The van der Waals surface area contributed by atoms with E-state index >= 15 is 0 Å². The van der Waals surface area contributed by atoms with Gasteiger partial charge in [0.2, 0.25) is 5.91 Å². The van der Waals surface area contributed by atoms with Crippen molar-refractivity contribution >= 4 is 51.9 Å². The number of methoxy groups -OCH3 is 1. The lowest BCUT2D eigenvalue weighted by atomic mass is 10.0. The number of fused-ring (bicyclic) bond motifs is 1. The van der Waals surface area contributed by atoms with Gasteiger partial charge >= 0.3 is 5.97 Å². The van der Waals surface area contributed by atoms with Crippen LogP contribution in [0.25, 0.3) is 10.9 Å². The molecule has 0 aliphatic carbocycles. The molecule has 0 radical (unpaired) electrons. The number of amides is 2. The molecule has 2 aromatic carbocycles. The minimum absolute atomic E-state index is 0.00121. The van der Waals surface area contributed by atoms with Gasteiger partial charge in [-0.1, -0.05) is 11.6 Å². The molecule has 0 saturated heterocycles. The third kappa shape index (κ3) is 6.54. The Hall–Kier alpha value is -4.26. The summed E-state index contributed by atoms with van der Waals surface area (Å²) in [4.78, 5) is 41.5. The molecule has 0 fully saturated rings. The average Bonchev–Trinajstić information content (AvgIpc) is 3.38. The van der Waals surface area contributed by atoms with Crippen molar-refractivity contribution in [2.24, 2.45) is 4.99 Å². The Labute approximate surface area is 220 Å². The number of hydrogen-bond acceptors (Lipinski definition) is 8. The molecule has 2 amide bonds. The number of aliphatic imine (C=N–C) groups is 1. The molecule has 0 saturated carbocycles. The number of aromatic amines is 1. The molecule has 1 unspecified atom stereocenters. The van der Waals surface area contributed by atoms with Crippen LogP contribution >= 0.6 is 11.6 Å². The van der Waals surface area contributed by atoms with Crippen LogP contribution in [0.15, 0.2) is 41.5 Å². The monoisotopic (exact) mass is 547 g/mol. The molecule has 1 aliphatic heterocycles. The SMILES string of the molecule is COC(=O)C[C@H](NC(=O)CNC(=O)c1cc(NC2=NCC(F)CN2)c2cn[nH]c2c1)c1cc(Cl)ccc1F. The Morgan fingerprint density at radius 1 is 1.26 bits per heavy atom. The van der Waals surface area contributed by atoms with E-state index in [0.717, 1.165) is 6.07 Å². The number of H-pyrrole nitrogens is 1. The predicted octanol–water partition coefficient (Wildman–Crippen LogP) is 2.22. The summed E-state index contributed by atoms with van der Waals surface area (Å²) >= 11 is 5.96. The first-order valence-corrected chi connectivity index (χ1v) is 11.9. The molecular weight excluding hydrogens is 524 g/mol. The van der Waals surface area contributed by atoms with E-state index in [0.29, 0.717) is 22.5 Å². The van der Waals surface area contributed by atoms with Crippen LogP contribution in [0, 0.1) is 5.82 Å². The normalized spacial score (nSPS) is 15.7. The highest BCUT2D eigenvalue weighted by atomic mass is 35.5. The summed E-state index contributed by atoms with van der Waals surface area (Å²) in [6.07, 6.45) is 0.130. The van der Waals surface area contributed by atoms with E-state index in [1.165, 1.54) is 25.3 Å². The van der Waals surface area contributed by atoms with Gasteiger partial charge in [0, 0.05) is 21.5 Å². The molecule has 2 atom stereocenters. The van der Waals surface area contributed by atoms with Crippen LogP contribution in [-0.2, 0) is 14.3 Å². The van der Waals surface area contributed by atoms with E-state index < -0.39 is 42.4 Å². The third-order valence-electron chi connectivity index (χ3n) is 5.69. The van der Waals surface area contributed by atoms with Gasteiger partial charge in [-0.05, 0) is 30.3 Å². The number of anilines is 1.